The van der Waals surface area contributed by atoms with Gasteiger partial charge in [-0.2, -0.15) is 41.6 Å². The Bertz CT molecular complexity index is 1740. The Morgan fingerprint density at radius 3 is 2.52 bits per heavy atom. The van der Waals surface area contributed by atoms with Crippen LogP contribution in [0.4, 0.5) is 32.0 Å². The Labute approximate surface area is 219 Å². The summed E-state index contributed by atoms with van der Waals surface area (Å²) in [5, 5.41) is 17.3. The fourth-order valence-electron chi connectivity index (χ4n) is 5.01. The van der Waals surface area contributed by atoms with Crippen LogP contribution in [-0.2, 0) is 16.4 Å². The molecule has 1 aliphatic carbocycles. The van der Waals surface area contributed by atoms with Crippen molar-refractivity contribution >= 4 is 17.2 Å². The van der Waals surface area contributed by atoms with E-state index in [1.807, 2.05) is 0 Å². The summed E-state index contributed by atoms with van der Waals surface area (Å²) in [6.07, 6.45) is 2.19. The van der Waals surface area contributed by atoms with E-state index in [9.17, 15) is 31.1 Å². The van der Waals surface area contributed by atoms with Gasteiger partial charge < -0.3 is 5.32 Å². The third kappa shape index (κ3) is 4.04. The van der Waals surface area contributed by atoms with Crippen LogP contribution in [0.1, 0.15) is 48.2 Å². The maximum absolute atomic E-state index is 14.1. The van der Waals surface area contributed by atoms with Crippen LogP contribution in [0.15, 0.2) is 49.3 Å². The fourth-order valence-corrected chi connectivity index (χ4v) is 5.01. The number of halogens is 6. The van der Waals surface area contributed by atoms with Gasteiger partial charge in [-0.05, 0) is 19.4 Å². The van der Waals surface area contributed by atoms with E-state index in [1.54, 1.807) is 6.92 Å². The third-order valence-corrected chi connectivity index (χ3v) is 6.80. The standard InChI is InChI=1S/C23H16F6N10O/c1-22(11-7-34-37(10-11)21(25)26)6-13(14-9-30-17-5-16(24)36-38(17)18(14)22)20(40)35-12-4-15(23(27,28)29)19(31-8-12)39-32-2-3-33-39/h2-5,7-10,13,21H,6H2,1H3,(H,35,40). The van der Waals surface area contributed by atoms with E-state index >= 15 is 0 Å². The van der Waals surface area contributed by atoms with Gasteiger partial charge >= 0.3 is 12.7 Å². The average Bonchev–Trinajstić information content (AvgIpc) is 3.68. The molecule has 0 radical (unpaired) electrons. The molecule has 40 heavy (non-hydrogen) atoms. The van der Waals surface area contributed by atoms with Crippen LogP contribution in [-0.4, -0.2) is 50.3 Å². The van der Waals surface area contributed by atoms with Gasteiger partial charge in [0.15, 0.2) is 11.5 Å². The van der Waals surface area contributed by atoms with Gasteiger partial charge in [0.2, 0.25) is 11.9 Å². The molecule has 2 unspecified atom stereocenters. The van der Waals surface area contributed by atoms with E-state index in [1.165, 1.54) is 29.3 Å². The number of carbonyl (C=O) groups excluding carboxylic acids is 1. The number of pyridine rings is 1. The van der Waals surface area contributed by atoms with Crippen LogP contribution in [0.25, 0.3) is 11.5 Å². The monoisotopic (exact) mass is 562 g/mol. The lowest BCUT2D eigenvalue weighted by atomic mass is 9.80. The number of hydrogen-bond acceptors (Lipinski definition) is 7. The van der Waals surface area contributed by atoms with E-state index in [0.717, 1.165) is 18.5 Å². The highest BCUT2D eigenvalue weighted by atomic mass is 19.4. The van der Waals surface area contributed by atoms with Crippen LogP contribution < -0.4 is 5.32 Å². The molecule has 0 aliphatic heterocycles. The minimum absolute atomic E-state index is 0.0276. The lowest BCUT2D eigenvalue weighted by Gasteiger charge is -2.24. The van der Waals surface area contributed by atoms with Crippen molar-refractivity contribution in [2.45, 2.75) is 37.4 Å². The zero-order chi connectivity index (χ0) is 28.4. The molecule has 1 aliphatic rings. The van der Waals surface area contributed by atoms with Crippen molar-refractivity contribution in [1.82, 2.24) is 44.4 Å². The largest absolute Gasteiger partial charge is 0.420 e. The van der Waals surface area contributed by atoms with Gasteiger partial charge in [-0.15, -0.1) is 9.90 Å². The van der Waals surface area contributed by atoms with E-state index in [2.05, 4.69) is 35.7 Å². The molecule has 5 heterocycles. The van der Waals surface area contributed by atoms with Gasteiger partial charge in [0, 0.05) is 35.0 Å². The number of anilines is 1. The van der Waals surface area contributed by atoms with Gasteiger partial charge in [-0.25, -0.2) is 19.2 Å². The molecule has 0 fully saturated rings. The molecule has 5 aromatic heterocycles. The summed E-state index contributed by atoms with van der Waals surface area (Å²) < 4.78 is 83.8. The molecule has 2 atom stereocenters. The quantitative estimate of drug-likeness (QED) is 0.323. The summed E-state index contributed by atoms with van der Waals surface area (Å²) in [5.74, 6) is -3.18. The van der Waals surface area contributed by atoms with Crippen molar-refractivity contribution in [3.05, 3.63) is 77.6 Å². The van der Waals surface area contributed by atoms with Gasteiger partial charge in [-0.1, -0.05) is 0 Å². The minimum atomic E-state index is -4.85. The van der Waals surface area contributed by atoms with Gasteiger partial charge in [0.05, 0.1) is 42.1 Å². The minimum Gasteiger partial charge on any atom is -0.324 e. The number of hydrogen-bond donors (Lipinski definition) is 1. The third-order valence-electron chi connectivity index (χ3n) is 6.80. The highest BCUT2D eigenvalue weighted by molar-refractivity contribution is 5.97. The van der Waals surface area contributed by atoms with Crippen molar-refractivity contribution in [3.8, 4) is 5.82 Å². The molecule has 11 nitrogen and oxygen atoms in total. The maximum atomic E-state index is 14.1. The topological polar surface area (TPSA) is 121 Å². The number of nitrogens with one attached hydrogen (secondary N) is 1. The Hall–Kier alpha value is -4.83. The summed E-state index contributed by atoms with van der Waals surface area (Å²) in [5.41, 5.74) is -1.60. The molecule has 206 valence electrons. The van der Waals surface area contributed by atoms with E-state index in [0.29, 0.717) is 32.4 Å². The lowest BCUT2D eigenvalue weighted by Crippen LogP contribution is -2.25. The smallest absolute Gasteiger partial charge is 0.324 e. The van der Waals surface area contributed by atoms with Crippen molar-refractivity contribution in [2.75, 3.05) is 5.32 Å². The molecular weight excluding hydrogens is 546 g/mol. The van der Waals surface area contributed by atoms with Gasteiger partial charge in [0.25, 0.3) is 0 Å². The molecule has 17 heteroatoms. The first-order chi connectivity index (χ1) is 19.0. The normalized spacial score (nSPS) is 18.9. The average molecular weight is 562 g/mol. The lowest BCUT2D eigenvalue weighted by molar-refractivity contribution is -0.137. The van der Waals surface area contributed by atoms with Crippen molar-refractivity contribution in [1.29, 1.82) is 0 Å². The van der Waals surface area contributed by atoms with Crippen LogP contribution >= 0.6 is 0 Å². The predicted octanol–water partition coefficient (Wildman–Crippen LogP) is 3.89. The molecule has 0 aromatic carbocycles. The summed E-state index contributed by atoms with van der Waals surface area (Å²) in [7, 11) is 0. The molecule has 0 spiro atoms. The summed E-state index contributed by atoms with van der Waals surface area (Å²) in [6.45, 7) is -1.27. The van der Waals surface area contributed by atoms with E-state index in [4.69, 9.17) is 0 Å². The Kier molecular flexibility index (Phi) is 5.63. The first-order valence-corrected chi connectivity index (χ1v) is 11.6. The van der Waals surface area contributed by atoms with Crippen LogP contribution in [0.3, 0.4) is 0 Å². The number of alkyl halides is 5. The van der Waals surface area contributed by atoms with Crippen LogP contribution in [0.5, 0.6) is 0 Å². The van der Waals surface area contributed by atoms with Crippen LogP contribution in [0, 0.1) is 5.95 Å². The van der Waals surface area contributed by atoms with Gasteiger partial charge in [0.1, 0.15) is 5.56 Å². The number of nitrogens with zero attached hydrogens (tertiary/aromatic N) is 9. The van der Waals surface area contributed by atoms with Crippen molar-refractivity contribution < 1.29 is 31.1 Å². The highest BCUT2D eigenvalue weighted by Gasteiger charge is 2.48. The SMILES string of the molecule is CC1(c2cnn(C(F)F)c2)CC(C(=O)Nc2cnc(-n3nccn3)c(C(F)(F)F)c2)c2cnc3cc(F)nn3c21. The Morgan fingerprint density at radius 2 is 1.85 bits per heavy atom. The van der Waals surface area contributed by atoms with Crippen LogP contribution in [0.2, 0.25) is 0 Å². The zero-order valence-electron chi connectivity index (χ0n) is 20.2. The van der Waals surface area contributed by atoms with Crippen molar-refractivity contribution in [2.24, 2.45) is 0 Å². The fraction of sp³-hybridized carbons (Fsp3) is 0.261. The molecule has 0 saturated carbocycles. The molecular formula is C23H16F6N10O. The number of fused-ring (bicyclic) bond motifs is 3. The number of rotatable bonds is 5. The van der Waals surface area contributed by atoms with E-state index < -0.39 is 47.3 Å². The molecule has 5 aromatic rings. The zero-order valence-corrected chi connectivity index (χ0v) is 20.2. The Balaban J connectivity index is 1.40. The number of aromatic nitrogens is 9. The number of amides is 1. The first-order valence-electron chi connectivity index (χ1n) is 11.6. The second kappa shape index (κ2) is 8.85. The summed E-state index contributed by atoms with van der Waals surface area (Å²) in [6, 6.07) is 1.77. The van der Waals surface area contributed by atoms with Gasteiger partial charge in [-0.3, -0.25) is 4.79 Å². The molecule has 0 saturated heterocycles. The highest BCUT2D eigenvalue weighted by Crippen LogP contribution is 2.50. The van der Waals surface area contributed by atoms with Crippen molar-refractivity contribution in [3.63, 3.8) is 0 Å². The van der Waals surface area contributed by atoms with E-state index in [-0.39, 0.29) is 17.8 Å². The maximum Gasteiger partial charge on any atom is 0.420 e. The molecule has 0 bridgehead atoms. The molecule has 6 rings (SSSR count). The molecule has 1 amide bonds. The number of carbonyl (C=O) groups is 1. The second-order valence-electron chi connectivity index (χ2n) is 9.28. The summed E-state index contributed by atoms with van der Waals surface area (Å²) >= 11 is 0. The predicted molar refractivity (Wildman–Crippen MR) is 123 cm³/mol. The molecule has 1 N–H and O–H groups in total. The second-order valence-corrected chi connectivity index (χ2v) is 9.28. The Morgan fingerprint density at radius 1 is 1.10 bits per heavy atom. The first kappa shape index (κ1) is 25.4. The summed E-state index contributed by atoms with van der Waals surface area (Å²) in [4.78, 5) is 22.2.